The van der Waals surface area contributed by atoms with E-state index in [1.807, 2.05) is 38.1 Å². The molecule has 32 heavy (non-hydrogen) atoms. The maximum absolute atomic E-state index is 13.1. The standard InChI is InChI=1S/C22H25Cl2N3O3S2/c1-15-13-17(24)14-19-21(15)25-22(31-19)27(11-10-26(2)3)20(28)5-4-12-32(29,30)18-8-6-16(23)7-9-18/h6-9,13-14H,4-5,10-12H2,1-3H3. The van der Waals surface area contributed by atoms with Crippen LogP contribution in [0, 0.1) is 6.92 Å². The highest BCUT2D eigenvalue weighted by Gasteiger charge is 2.22. The first-order chi connectivity index (χ1) is 15.1. The fourth-order valence-electron chi connectivity index (χ4n) is 3.19. The van der Waals surface area contributed by atoms with Crippen molar-refractivity contribution in [2.75, 3.05) is 37.8 Å². The Kier molecular flexibility index (Phi) is 8.16. The Labute approximate surface area is 202 Å². The van der Waals surface area contributed by atoms with Gasteiger partial charge in [0.15, 0.2) is 15.0 Å². The zero-order valence-electron chi connectivity index (χ0n) is 18.1. The molecule has 3 rings (SSSR count). The van der Waals surface area contributed by atoms with Gasteiger partial charge in [-0.3, -0.25) is 9.69 Å². The Balaban J connectivity index is 1.75. The number of nitrogens with zero attached hydrogens (tertiary/aromatic N) is 3. The number of thiazole rings is 1. The predicted molar refractivity (Wildman–Crippen MR) is 133 cm³/mol. The summed E-state index contributed by atoms with van der Waals surface area (Å²) in [5.74, 6) is -0.267. The van der Waals surface area contributed by atoms with Gasteiger partial charge < -0.3 is 4.90 Å². The van der Waals surface area contributed by atoms with Crippen LogP contribution in [0.5, 0.6) is 0 Å². The molecular formula is C22H25Cl2N3O3S2. The Morgan fingerprint density at radius 2 is 1.75 bits per heavy atom. The SMILES string of the molecule is Cc1cc(Cl)cc2sc(N(CCN(C)C)C(=O)CCCS(=O)(=O)c3ccc(Cl)cc3)nc12. The molecule has 0 N–H and O–H groups in total. The fraction of sp³-hybridized carbons (Fsp3) is 0.364. The number of aryl methyl sites for hydroxylation is 1. The fourth-order valence-corrected chi connectivity index (χ4v) is 6.09. The van der Waals surface area contributed by atoms with Gasteiger partial charge in [0.25, 0.3) is 0 Å². The topological polar surface area (TPSA) is 70.6 Å². The number of hydrogen-bond acceptors (Lipinski definition) is 6. The number of hydrogen-bond donors (Lipinski definition) is 0. The van der Waals surface area contributed by atoms with Gasteiger partial charge in [0.1, 0.15) is 0 Å². The molecule has 3 aromatic rings. The van der Waals surface area contributed by atoms with Gasteiger partial charge >= 0.3 is 0 Å². The van der Waals surface area contributed by atoms with E-state index in [9.17, 15) is 13.2 Å². The number of halogens is 2. The number of aromatic nitrogens is 1. The number of carbonyl (C=O) groups excluding carboxylic acids is 1. The molecule has 0 spiro atoms. The maximum Gasteiger partial charge on any atom is 0.228 e. The molecule has 1 amide bonds. The number of likely N-dealkylation sites (N-methyl/N-ethyl adjacent to an activating group) is 1. The van der Waals surface area contributed by atoms with E-state index in [0.29, 0.717) is 28.3 Å². The molecule has 1 aromatic heterocycles. The average Bonchev–Trinajstić information content (AvgIpc) is 3.12. The third-order valence-corrected chi connectivity index (χ3v) is 8.23. The van der Waals surface area contributed by atoms with E-state index in [2.05, 4.69) is 4.98 Å². The molecule has 0 aliphatic carbocycles. The lowest BCUT2D eigenvalue weighted by atomic mass is 10.2. The second-order valence-electron chi connectivity index (χ2n) is 7.79. The maximum atomic E-state index is 13.1. The lowest BCUT2D eigenvalue weighted by molar-refractivity contribution is -0.118. The molecule has 0 saturated heterocycles. The molecule has 10 heteroatoms. The first-order valence-electron chi connectivity index (χ1n) is 10.1. The van der Waals surface area contributed by atoms with Crippen molar-refractivity contribution in [1.29, 1.82) is 0 Å². The van der Waals surface area contributed by atoms with Crippen LogP contribution >= 0.6 is 34.5 Å². The van der Waals surface area contributed by atoms with Gasteiger partial charge in [-0.2, -0.15) is 0 Å². The van der Waals surface area contributed by atoms with E-state index in [-0.39, 0.29) is 29.4 Å². The van der Waals surface area contributed by atoms with E-state index < -0.39 is 9.84 Å². The van der Waals surface area contributed by atoms with Gasteiger partial charge in [-0.15, -0.1) is 0 Å². The summed E-state index contributed by atoms with van der Waals surface area (Å²) in [6, 6.07) is 9.75. The van der Waals surface area contributed by atoms with Crippen molar-refractivity contribution < 1.29 is 13.2 Å². The molecule has 0 radical (unpaired) electrons. The van der Waals surface area contributed by atoms with Crippen LogP contribution in [0.25, 0.3) is 10.2 Å². The Morgan fingerprint density at radius 1 is 1.06 bits per heavy atom. The smallest absolute Gasteiger partial charge is 0.228 e. The third-order valence-electron chi connectivity index (χ3n) is 4.92. The molecule has 1 heterocycles. The summed E-state index contributed by atoms with van der Waals surface area (Å²) in [5.41, 5.74) is 1.77. The number of sulfone groups is 1. The monoisotopic (exact) mass is 513 g/mol. The van der Waals surface area contributed by atoms with Crippen LogP contribution in [0.2, 0.25) is 10.0 Å². The normalized spacial score (nSPS) is 11.9. The summed E-state index contributed by atoms with van der Waals surface area (Å²) in [6.07, 6.45) is 0.327. The van der Waals surface area contributed by atoms with E-state index in [1.165, 1.54) is 23.5 Å². The average molecular weight is 515 g/mol. The highest BCUT2D eigenvalue weighted by molar-refractivity contribution is 7.91. The molecule has 2 aromatic carbocycles. The molecule has 0 unspecified atom stereocenters. The van der Waals surface area contributed by atoms with Crippen LogP contribution < -0.4 is 4.90 Å². The summed E-state index contributed by atoms with van der Waals surface area (Å²) >= 11 is 13.4. The molecule has 172 valence electrons. The van der Waals surface area contributed by atoms with E-state index in [0.717, 1.165) is 15.8 Å². The molecule has 0 bridgehead atoms. The van der Waals surface area contributed by atoms with E-state index in [4.69, 9.17) is 23.2 Å². The van der Waals surface area contributed by atoms with Crippen LogP contribution in [0.15, 0.2) is 41.3 Å². The van der Waals surface area contributed by atoms with Crippen molar-refractivity contribution in [3.8, 4) is 0 Å². The second-order valence-corrected chi connectivity index (χ2v) is 11.8. The molecule has 0 aliphatic heterocycles. The number of rotatable bonds is 9. The molecule has 0 saturated carbocycles. The number of fused-ring (bicyclic) bond motifs is 1. The zero-order valence-corrected chi connectivity index (χ0v) is 21.3. The molecule has 6 nitrogen and oxygen atoms in total. The third kappa shape index (κ3) is 6.20. The Bertz CT molecular complexity index is 1210. The Morgan fingerprint density at radius 3 is 2.41 bits per heavy atom. The van der Waals surface area contributed by atoms with Gasteiger partial charge in [-0.25, -0.2) is 13.4 Å². The molecular weight excluding hydrogens is 489 g/mol. The zero-order chi connectivity index (χ0) is 23.5. The summed E-state index contributed by atoms with van der Waals surface area (Å²) in [6.45, 7) is 3.05. The largest absolute Gasteiger partial charge is 0.308 e. The first-order valence-corrected chi connectivity index (χ1v) is 13.3. The van der Waals surface area contributed by atoms with Gasteiger partial charge in [0, 0.05) is 29.6 Å². The minimum Gasteiger partial charge on any atom is -0.308 e. The number of amides is 1. The second kappa shape index (κ2) is 10.5. The molecule has 0 aliphatic rings. The minimum absolute atomic E-state index is 0.107. The molecule has 0 atom stereocenters. The highest BCUT2D eigenvalue weighted by Crippen LogP contribution is 2.33. The van der Waals surface area contributed by atoms with E-state index >= 15 is 0 Å². The summed E-state index contributed by atoms with van der Waals surface area (Å²) in [4.78, 5) is 21.6. The quantitative estimate of drug-likeness (QED) is 0.399. The summed E-state index contributed by atoms with van der Waals surface area (Å²) in [7, 11) is 0.383. The van der Waals surface area contributed by atoms with Crippen molar-refractivity contribution in [2.45, 2.75) is 24.7 Å². The first kappa shape index (κ1) is 24.9. The van der Waals surface area contributed by atoms with Crippen molar-refractivity contribution >= 4 is 65.6 Å². The minimum atomic E-state index is -3.48. The number of anilines is 1. The Hall–Kier alpha value is -1.71. The van der Waals surface area contributed by atoms with Crippen LogP contribution in [0.4, 0.5) is 5.13 Å². The van der Waals surface area contributed by atoms with Gasteiger partial charge in [-0.1, -0.05) is 34.5 Å². The van der Waals surface area contributed by atoms with Gasteiger partial charge in [0.05, 0.1) is 20.9 Å². The van der Waals surface area contributed by atoms with Gasteiger partial charge in [-0.05, 0) is 69.4 Å². The molecule has 0 fully saturated rings. The van der Waals surface area contributed by atoms with Crippen LogP contribution in [0.3, 0.4) is 0 Å². The number of carbonyl (C=O) groups is 1. The van der Waals surface area contributed by atoms with Crippen LogP contribution in [-0.4, -0.2) is 57.1 Å². The van der Waals surface area contributed by atoms with Crippen molar-refractivity contribution in [3.63, 3.8) is 0 Å². The highest BCUT2D eigenvalue weighted by atomic mass is 35.5. The van der Waals surface area contributed by atoms with Crippen LogP contribution in [-0.2, 0) is 14.6 Å². The number of benzene rings is 2. The lowest BCUT2D eigenvalue weighted by Gasteiger charge is -2.22. The van der Waals surface area contributed by atoms with Crippen LogP contribution in [0.1, 0.15) is 18.4 Å². The van der Waals surface area contributed by atoms with E-state index in [1.54, 1.807) is 17.0 Å². The summed E-state index contributed by atoms with van der Waals surface area (Å²) in [5, 5.41) is 1.70. The van der Waals surface area contributed by atoms with Crippen molar-refractivity contribution in [2.24, 2.45) is 0 Å². The van der Waals surface area contributed by atoms with Crippen molar-refractivity contribution in [1.82, 2.24) is 9.88 Å². The summed E-state index contributed by atoms with van der Waals surface area (Å²) < 4.78 is 26.1. The predicted octanol–water partition coefficient (Wildman–Crippen LogP) is 5.06. The lowest BCUT2D eigenvalue weighted by Crippen LogP contribution is -2.36. The van der Waals surface area contributed by atoms with Crippen molar-refractivity contribution in [3.05, 3.63) is 52.0 Å². The van der Waals surface area contributed by atoms with Gasteiger partial charge in [0.2, 0.25) is 5.91 Å².